The van der Waals surface area contributed by atoms with E-state index in [9.17, 15) is 4.79 Å². The molecule has 1 saturated heterocycles. The summed E-state index contributed by atoms with van der Waals surface area (Å²) in [7, 11) is 0. The van der Waals surface area contributed by atoms with E-state index in [2.05, 4.69) is 0 Å². The van der Waals surface area contributed by atoms with Crippen molar-refractivity contribution < 1.29 is 9.90 Å². The van der Waals surface area contributed by atoms with Crippen molar-refractivity contribution in [1.82, 2.24) is 0 Å². The molecule has 0 bridgehead atoms. The topological polar surface area (TPSA) is 40.5 Å². The molecule has 1 aliphatic heterocycles. The van der Waals surface area contributed by atoms with Crippen LogP contribution in [-0.4, -0.2) is 24.2 Å². The fourth-order valence-corrected chi connectivity index (χ4v) is 2.21. The Morgan fingerprint density at radius 2 is 2.54 bits per heavy atom. The van der Waals surface area contributed by atoms with Crippen molar-refractivity contribution in [3.63, 3.8) is 0 Å². The van der Waals surface area contributed by atoms with E-state index >= 15 is 0 Å². The number of amides is 1. The minimum Gasteiger partial charge on any atom is -0.396 e. The molecule has 0 radical (unpaired) electrons. The lowest BCUT2D eigenvalue weighted by atomic mass is 10.1. The van der Waals surface area contributed by atoms with Crippen molar-refractivity contribution in [2.75, 3.05) is 18.1 Å². The first-order valence-corrected chi connectivity index (χ1v) is 5.19. The quantitative estimate of drug-likeness (QED) is 0.771. The van der Waals surface area contributed by atoms with Crippen LogP contribution in [0.5, 0.6) is 0 Å². The Kier molecular flexibility index (Phi) is 2.33. The van der Waals surface area contributed by atoms with Crippen molar-refractivity contribution >= 4 is 22.9 Å². The van der Waals surface area contributed by atoms with Crippen LogP contribution in [0, 0.1) is 5.92 Å². The van der Waals surface area contributed by atoms with Gasteiger partial charge in [0.05, 0.1) is 5.69 Å². The molecule has 1 aliphatic rings. The lowest BCUT2D eigenvalue weighted by molar-refractivity contribution is -0.117. The normalized spacial score (nSPS) is 22.7. The Morgan fingerprint density at radius 1 is 1.69 bits per heavy atom. The van der Waals surface area contributed by atoms with E-state index in [0.717, 1.165) is 5.69 Å². The highest BCUT2D eigenvalue weighted by atomic mass is 32.1. The van der Waals surface area contributed by atoms with Gasteiger partial charge in [0.2, 0.25) is 5.91 Å². The molecule has 1 amide bonds. The van der Waals surface area contributed by atoms with Crippen LogP contribution in [0.3, 0.4) is 0 Å². The maximum Gasteiger partial charge on any atom is 0.227 e. The average Bonchev–Trinajstić information content (AvgIpc) is 2.72. The maximum atomic E-state index is 11.5. The third kappa shape index (κ3) is 1.59. The molecule has 1 atom stereocenters. The summed E-state index contributed by atoms with van der Waals surface area (Å²) in [5, 5.41) is 12.8. The molecule has 1 unspecified atom stereocenters. The number of hydrogen-bond acceptors (Lipinski definition) is 3. The molecule has 0 spiro atoms. The number of carbonyl (C=O) groups is 1. The first-order chi connectivity index (χ1) is 6.31. The molecule has 1 fully saturated rings. The zero-order chi connectivity index (χ0) is 9.26. The minimum absolute atomic E-state index is 0.104. The summed E-state index contributed by atoms with van der Waals surface area (Å²) >= 11 is 1.58. The molecule has 1 aromatic heterocycles. The molecule has 0 aromatic carbocycles. The molecule has 13 heavy (non-hydrogen) atoms. The van der Waals surface area contributed by atoms with E-state index < -0.39 is 0 Å². The predicted octanol–water partition coefficient (Wildman–Crippen LogP) is 1.09. The largest absolute Gasteiger partial charge is 0.396 e. The summed E-state index contributed by atoms with van der Waals surface area (Å²) in [5.41, 5.74) is 0.964. The zero-order valence-electron chi connectivity index (χ0n) is 7.14. The third-order valence-corrected chi connectivity index (χ3v) is 2.95. The number of anilines is 1. The number of aliphatic hydroxyl groups is 1. The third-order valence-electron chi connectivity index (χ3n) is 2.28. The monoisotopic (exact) mass is 197 g/mol. The van der Waals surface area contributed by atoms with Crippen molar-refractivity contribution in [3.8, 4) is 0 Å². The van der Waals surface area contributed by atoms with E-state index in [-0.39, 0.29) is 18.4 Å². The number of nitrogens with zero attached hydrogens (tertiary/aromatic N) is 1. The first kappa shape index (κ1) is 8.72. The molecule has 70 valence electrons. The number of hydrogen-bond donors (Lipinski definition) is 1. The maximum absolute atomic E-state index is 11.5. The molecule has 0 aliphatic carbocycles. The molecule has 2 heterocycles. The van der Waals surface area contributed by atoms with Crippen LogP contribution in [0.2, 0.25) is 0 Å². The van der Waals surface area contributed by atoms with Crippen LogP contribution in [-0.2, 0) is 4.79 Å². The second-order valence-corrected chi connectivity index (χ2v) is 4.02. The summed E-state index contributed by atoms with van der Waals surface area (Å²) in [6.45, 7) is 0.762. The molecule has 0 saturated carbocycles. The highest BCUT2D eigenvalue weighted by Gasteiger charge is 2.29. The van der Waals surface area contributed by atoms with Gasteiger partial charge in [-0.15, -0.1) is 0 Å². The Hall–Kier alpha value is -0.870. The lowest BCUT2D eigenvalue weighted by Crippen LogP contribution is -2.24. The smallest absolute Gasteiger partial charge is 0.227 e. The van der Waals surface area contributed by atoms with Gasteiger partial charge in [0, 0.05) is 30.9 Å². The van der Waals surface area contributed by atoms with E-state index in [1.165, 1.54) is 0 Å². The van der Waals surface area contributed by atoms with Crippen molar-refractivity contribution in [2.45, 2.75) is 6.42 Å². The van der Waals surface area contributed by atoms with Gasteiger partial charge in [-0.25, -0.2) is 0 Å². The summed E-state index contributed by atoms with van der Waals surface area (Å²) in [4.78, 5) is 13.2. The second-order valence-electron chi connectivity index (χ2n) is 3.24. The van der Waals surface area contributed by atoms with Gasteiger partial charge in [-0.05, 0) is 11.4 Å². The Bertz CT molecular complexity index is 297. The van der Waals surface area contributed by atoms with Crippen molar-refractivity contribution in [2.24, 2.45) is 5.92 Å². The zero-order valence-corrected chi connectivity index (χ0v) is 7.96. The standard InChI is InChI=1S/C9H11NO2S/c11-5-7-3-9(12)10(4-7)8-1-2-13-6-8/h1-2,6-7,11H,3-5H2. The molecule has 2 rings (SSSR count). The van der Waals surface area contributed by atoms with E-state index in [1.54, 1.807) is 16.2 Å². The Balaban J connectivity index is 2.14. The fraction of sp³-hybridized carbons (Fsp3) is 0.444. The van der Waals surface area contributed by atoms with Crippen LogP contribution >= 0.6 is 11.3 Å². The summed E-state index contributed by atoms with van der Waals surface area (Å²) in [6.07, 6.45) is 0.479. The summed E-state index contributed by atoms with van der Waals surface area (Å²) in [6, 6.07) is 1.93. The lowest BCUT2D eigenvalue weighted by Gasteiger charge is -2.13. The van der Waals surface area contributed by atoms with Crippen LogP contribution in [0.4, 0.5) is 5.69 Å². The molecular formula is C9H11NO2S. The summed E-state index contributed by atoms with van der Waals surface area (Å²) < 4.78 is 0. The molecule has 1 aromatic rings. The van der Waals surface area contributed by atoms with Crippen LogP contribution in [0.1, 0.15) is 6.42 Å². The Morgan fingerprint density at radius 3 is 3.08 bits per heavy atom. The van der Waals surface area contributed by atoms with Gasteiger partial charge in [0.25, 0.3) is 0 Å². The number of aliphatic hydroxyl groups excluding tert-OH is 1. The fourth-order valence-electron chi connectivity index (χ4n) is 1.56. The van der Waals surface area contributed by atoms with E-state index in [1.807, 2.05) is 16.8 Å². The van der Waals surface area contributed by atoms with Crippen LogP contribution < -0.4 is 4.90 Å². The van der Waals surface area contributed by atoms with Crippen LogP contribution in [0.25, 0.3) is 0 Å². The van der Waals surface area contributed by atoms with Gasteiger partial charge in [-0.1, -0.05) is 0 Å². The van der Waals surface area contributed by atoms with Gasteiger partial charge < -0.3 is 10.0 Å². The molecular weight excluding hydrogens is 186 g/mol. The van der Waals surface area contributed by atoms with Gasteiger partial charge in [-0.2, -0.15) is 11.3 Å². The number of thiophene rings is 1. The predicted molar refractivity (Wildman–Crippen MR) is 51.9 cm³/mol. The molecule has 1 N–H and O–H groups in total. The second kappa shape index (κ2) is 3.47. The molecule has 3 nitrogen and oxygen atoms in total. The van der Waals surface area contributed by atoms with Gasteiger partial charge in [0.1, 0.15) is 0 Å². The highest BCUT2D eigenvalue weighted by molar-refractivity contribution is 7.08. The van der Waals surface area contributed by atoms with Gasteiger partial charge >= 0.3 is 0 Å². The van der Waals surface area contributed by atoms with Gasteiger partial charge in [-0.3, -0.25) is 4.79 Å². The highest BCUT2D eigenvalue weighted by Crippen LogP contribution is 2.26. The summed E-state index contributed by atoms with van der Waals surface area (Å²) in [5.74, 6) is 0.241. The molecule has 4 heteroatoms. The number of rotatable bonds is 2. The minimum atomic E-state index is 0.104. The average molecular weight is 197 g/mol. The number of carbonyl (C=O) groups excluding carboxylic acids is 1. The van der Waals surface area contributed by atoms with E-state index in [0.29, 0.717) is 13.0 Å². The van der Waals surface area contributed by atoms with Crippen LogP contribution in [0.15, 0.2) is 16.8 Å². The first-order valence-electron chi connectivity index (χ1n) is 4.24. The van der Waals surface area contributed by atoms with Crippen molar-refractivity contribution in [3.05, 3.63) is 16.8 Å². The van der Waals surface area contributed by atoms with Crippen molar-refractivity contribution in [1.29, 1.82) is 0 Å². The van der Waals surface area contributed by atoms with E-state index in [4.69, 9.17) is 5.11 Å². The SMILES string of the molecule is O=C1CC(CO)CN1c1ccsc1. The Labute approximate surface area is 80.6 Å². The van der Waals surface area contributed by atoms with Gasteiger partial charge in [0.15, 0.2) is 0 Å².